The van der Waals surface area contributed by atoms with Crippen molar-refractivity contribution < 1.29 is 9.18 Å². The number of pyridine rings is 1. The van der Waals surface area contributed by atoms with Gasteiger partial charge in [0.1, 0.15) is 5.82 Å². The summed E-state index contributed by atoms with van der Waals surface area (Å²) in [4.78, 5) is 19.9. The molecule has 3 nitrogen and oxygen atoms in total. The average molecular weight is 505 g/mol. The van der Waals surface area contributed by atoms with Crippen LogP contribution in [-0.2, 0) is 4.79 Å². The number of thiol groups is 1. The highest BCUT2D eigenvalue weighted by Crippen LogP contribution is 2.39. The molecule has 0 spiro atoms. The Kier molecular flexibility index (Phi) is 8.57. The Bertz CT molecular complexity index is 1170. The zero-order chi connectivity index (χ0) is 21.4. The van der Waals surface area contributed by atoms with Crippen LogP contribution in [0.3, 0.4) is 0 Å². The van der Waals surface area contributed by atoms with E-state index in [2.05, 4.69) is 28.1 Å². The molecule has 5 rings (SSSR count). The molecule has 2 aliphatic rings. The molecule has 0 bridgehead atoms. The van der Waals surface area contributed by atoms with Crippen LogP contribution in [0.2, 0.25) is 0 Å². The van der Waals surface area contributed by atoms with E-state index < -0.39 is 6.04 Å². The second-order valence-corrected chi connectivity index (χ2v) is 9.18. The smallest absolute Gasteiger partial charge is 0.157 e. The van der Waals surface area contributed by atoms with Crippen molar-refractivity contribution >= 4 is 60.2 Å². The molecule has 0 radical (unpaired) electrons. The normalized spacial score (nSPS) is 20.7. The Morgan fingerprint density at radius 1 is 1.09 bits per heavy atom. The van der Waals surface area contributed by atoms with Gasteiger partial charge in [0.25, 0.3) is 0 Å². The highest BCUT2D eigenvalue weighted by Gasteiger charge is 2.40. The number of Topliss-reactive ketones (excluding diaryl/α,β-unsaturated/α-hetero) is 1. The first-order chi connectivity index (χ1) is 15.1. The van der Waals surface area contributed by atoms with Crippen LogP contribution >= 0.6 is 37.4 Å². The van der Waals surface area contributed by atoms with Crippen molar-refractivity contribution in [3.05, 3.63) is 83.3 Å². The van der Waals surface area contributed by atoms with E-state index in [4.69, 9.17) is 12.6 Å². The summed E-state index contributed by atoms with van der Waals surface area (Å²) in [5.41, 5.74) is 3.61. The number of benzene rings is 2. The SMILES string of the molecule is Cl.Cl.O=C(C1CC1)C(c1ccccc1F)N1CCC(S)/C(=C/c2cnc3ccccc3c2)C1. The highest BCUT2D eigenvalue weighted by atomic mass is 35.5. The fourth-order valence-electron chi connectivity index (χ4n) is 4.45. The number of aromatic nitrogens is 1. The minimum absolute atomic E-state index is 0. The van der Waals surface area contributed by atoms with Gasteiger partial charge in [0.2, 0.25) is 0 Å². The monoisotopic (exact) mass is 504 g/mol. The zero-order valence-corrected chi connectivity index (χ0v) is 20.6. The third-order valence-corrected chi connectivity index (χ3v) is 6.87. The van der Waals surface area contributed by atoms with Crippen LogP contribution in [0.5, 0.6) is 0 Å². The number of nitrogens with zero attached hydrogens (tertiary/aromatic N) is 2. The maximum Gasteiger partial charge on any atom is 0.157 e. The Morgan fingerprint density at radius 2 is 1.82 bits per heavy atom. The lowest BCUT2D eigenvalue weighted by atomic mass is 9.93. The van der Waals surface area contributed by atoms with Gasteiger partial charge in [0.05, 0.1) is 11.6 Å². The van der Waals surface area contributed by atoms with Crippen LogP contribution in [0, 0.1) is 11.7 Å². The molecule has 2 heterocycles. The van der Waals surface area contributed by atoms with E-state index in [1.165, 1.54) is 6.07 Å². The number of hydrogen-bond donors (Lipinski definition) is 1. The van der Waals surface area contributed by atoms with Crippen LogP contribution in [-0.4, -0.2) is 34.0 Å². The number of para-hydroxylation sites is 1. The molecule has 1 aliphatic heterocycles. The number of ketones is 1. The Morgan fingerprint density at radius 3 is 2.58 bits per heavy atom. The van der Waals surface area contributed by atoms with Crippen LogP contribution in [0.15, 0.2) is 66.4 Å². The van der Waals surface area contributed by atoms with E-state index >= 15 is 0 Å². The van der Waals surface area contributed by atoms with Gasteiger partial charge < -0.3 is 0 Å². The summed E-state index contributed by atoms with van der Waals surface area (Å²) in [6.45, 7) is 1.32. The van der Waals surface area contributed by atoms with Crippen molar-refractivity contribution in [3.63, 3.8) is 0 Å². The maximum absolute atomic E-state index is 14.7. The number of carbonyl (C=O) groups is 1. The van der Waals surface area contributed by atoms with Crippen molar-refractivity contribution in [2.45, 2.75) is 30.6 Å². The molecule has 2 unspecified atom stereocenters. The topological polar surface area (TPSA) is 33.2 Å². The second kappa shape index (κ2) is 11.0. The first kappa shape index (κ1) is 25.7. The van der Waals surface area contributed by atoms with E-state index in [9.17, 15) is 9.18 Å². The van der Waals surface area contributed by atoms with Crippen LogP contribution < -0.4 is 0 Å². The number of piperidine rings is 1. The third kappa shape index (κ3) is 5.60. The quantitative estimate of drug-likeness (QED) is 0.412. The predicted octanol–water partition coefficient (Wildman–Crippen LogP) is 6.33. The molecule has 2 aromatic carbocycles. The van der Waals surface area contributed by atoms with Crippen molar-refractivity contribution in [3.8, 4) is 0 Å². The van der Waals surface area contributed by atoms with E-state index in [-0.39, 0.29) is 47.6 Å². The van der Waals surface area contributed by atoms with Gasteiger partial charge in [-0.3, -0.25) is 14.7 Å². The minimum Gasteiger partial charge on any atom is -0.297 e. The molecule has 7 heteroatoms. The fourth-order valence-corrected chi connectivity index (χ4v) is 4.73. The lowest BCUT2D eigenvalue weighted by molar-refractivity contribution is -0.126. The van der Waals surface area contributed by atoms with Crippen molar-refractivity contribution in [1.82, 2.24) is 9.88 Å². The fraction of sp³-hybridized carbons (Fsp3) is 0.308. The lowest BCUT2D eigenvalue weighted by Crippen LogP contribution is -2.42. The van der Waals surface area contributed by atoms with E-state index in [1.54, 1.807) is 12.1 Å². The van der Waals surface area contributed by atoms with Gasteiger partial charge in [-0.05, 0) is 48.6 Å². The molecule has 174 valence electrons. The molecule has 1 aliphatic carbocycles. The first-order valence-corrected chi connectivity index (χ1v) is 11.4. The summed E-state index contributed by atoms with van der Waals surface area (Å²) >= 11 is 4.81. The number of rotatable bonds is 5. The lowest BCUT2D eigenvalue weighted by Gasteiger charge is -2.37. The maximum atomic E-state index is 14.7. The number of carbonyl (C=O) groups excluding carboxylic acids is 1. The molecule has 1 saturated carbocycles. The second-order valence-electron chi connectivity index (χ2n) is 8.56. The first-order valence-electron chi connectivity index (χ1n) is 10.9. The standard InChI is InChI=1S/C26H25FN2OS.2ClH/c27-22-7-3-2-6-21(22)25(26(30)18-9-10-18)29-12-11-24(31)20(16-29)14-17-13-19-5-1-4-8-23(19)28-15-17;;/h1-8,13-15,18,24-25,31H,9-12,16H2;2*1H/b20-14+;;. The highest BCUT2D eigenvalue weighted by molar-refractivity contribution is 7.81. The van der Waals surface area contributed by atoms with Crippen molar-refractivity contribution in [2.75, 3.05) is 13.1 Å². The summed E-state index contributed by atoms with van der Waals surface area (Å²) < 4.78 is 14.7. The summed E-state index contributed by atoms with van der Waals surface area (Å²) in [6, 6.07) is 16.3. The van der Waals surface area contributed by atoms with Crippen molar-refractivity contribution in [2.24, 2.45) is 5.92 Å². The number of halogens is 3. The van der Waals surface area contributed by atoms with Crippen molar-refractivity contribution in [1.29, 1.82) is 0 Å². The minimum atomic E-state index is -0.535. The molecule has 1 aromatic heterocycles. The van der Waals surface area contributed by atoms with Gasteiger partial charge in [-0.15, -0.1) is 24.8 Å². The number of fused-ring (bicyclic) bond motifs is 1. The molecule has 3 aromatic rings. The van der Waals surface area contributed by atoms with E-state index in [0.29, 0.717) is 12.1 Å². The van der Waals surface area contributed by atoms with Gasteiger partial charge in [0, 0.05) is 41.4 Å². The average Bonchev–Trinajstić information content (AvgIpc) is 3.63. The summed E-state index contributed by atoms with van der Waals surface area (Å²) in [6.07, 6.45) is 6.65. The molecule has 1 saturated heterocycles. The molecular weight excluding hydrogens is 478 g/mol. The summed E-state index contributed by atoms with van der Waals surface area (Å²) in [5.74, 6) is -0.0939. The molecular formula is C26H27Cl2FN2OS. The summed E-state index contributed by atoms with van der Waals surface area (Å²) in [5, 5.41) is 1.20. The third-order valence-electron chi connectivity index (χ3n) is 6.28. The van der Waals surface area contributed by atoms with Gasteiger partial charge in [-0.25, -0.2) is 4.39 Å². The Balaban J connectivity index is 0.00000153. The van der Waals surface area contributed by atoms with E-state index in [0.717, 1.165) is 47.8 Å². The van der Waals surface area contributed by atoms with Crippen LogP contribution in [0.25, 0.3) is 17.0 Å². The van der Waals surface area contributed by atoms with Crippen LogP contribution in [0.4, 0.5) is 4.39 Å². The van der Waals surface area contributed by atoms with Crippen LogP contribution in [0.1, 0.15) is 36.4 Å². The Hall–Kier alpha value is -1.92. The van der Waals surface area contributed by atoms with Gasteiger partial charge in [0.15, 0.2) is 5.78 Å². The van der Waals surface area contributed by atoms with E-state index in [1.807, 2.05) is 30.5 Å². The number of likely N-dealkylation sites (tertiary alicyclic amines) is 1. The van der Waals surface area contributed by atoms with Gasteiger partial charge in [-0.1, -0.05) is 42.5 Å². The van der Waals surface area contributed by atoms with Gasteiger partial charge in [-0.2, -0.15) is 12.6 Å². The summed E-state index contributed by atoms with van der Waals surface area (Å²) in [7, 11) is 0. The Labute approximate surface area is 211 Å². The number of hydrogen-bond acceptors (Lipinski definition) is 4. The molecule has 2 fully saturated rings. The largest absolute Gasteiger partial charge is 0.297 e. The van der Waals surface area contributed by atoms with Gasteiger partial charge >= 0.3 is 0 Å². The molecule has 0 amide bonds. The molecule has 0 N–H and O–H groups in total. The zero-order valence-electron chi connectivity index (χ0n) is 18.1. The predicted molar refractivity (Wildman–Crippen MR) is 140 cm³/mol. The molecule has 33 heavy (non-hydrogen) atoms. The molecule has 2 atom stereocenters.